The standard InChI is InChI=1S/C18H23NO/c1-4-14-6-5-7-16(12-14)18(2,19)13-15-8-10-17(20-3)11-9-15/h5-12H,4,13,19H2,1-3H3. The summed E-state index contributed by atoms with van der Waals surface area (Å²) in [5.41, 5.74) is 9.91. The van der Waals surface area contributed by atoms with Gasteiger partial charge < -0.3 is 10.5 Å². The summed E-state index contributed by atoms with van der Waals surface area (Å²) in [6.45, 7) is 4.25. The van der Waals surface area contributed by atoms with Gasteiger partial charge in [-0.3, -0.25) is 0 Å². The van der Waals surface area contributed by atoms with E-state index < -0.39 is 0 Å². The molecule has 0 aliphatic carbocycles. The topological polar surface area (TPSA) is 35.2 Å². The maximum atomic E-state index is 6.53. The molecule has 106 valence electrons. The number of nitrogens with two attached hydrogens (primary N) is 1. The zero-order valence-corrected chi connectivity index (χ0v) is 12.5. The van der Waals surface area contributed by atoms with E-state index in [9.17, 15) is 0 Å². The quantitative estimate of drug-likeness (QED) is 0.898. The maximum Gasteiger partial charge on any atom is 0.118 e. The van der Waals surface area contributed by atoms with Gasteiger partial charge in [0.15, 0.2) is 0 Å². The molecule has 0 saturated carbocycles. The van der Waals surface area contributed by atoms with Crippen LogP contribution in [0.5, 0.6) is 5.75 Å². The van der Waals surface area contributed by atoms with Crippen LogP contribution in [0.2, 0.25) is 0 Å². The van der Waals surface area contributed by atoms with E-state index in [0.29, 0.717) is 0 Å². The monoisotopic (exact) mass is 269 g/mol. The molecule has 1 atom stereocenters. The molecule has 0 spiro atoms. The molecule has 0 aliphatic rings. The number of methoxy groups -OCH3 is 1. The molecule has 1 unspecified atom stereocenters. The molecule has 20 heavy (non-hydrogen) atoms. The van der Waals surface area contributed by atoms with Crippen LogP contribution in [0.25, 0.3) is 0 Å². The molecule has 0 aromatic heterocycles. The molecule has 0 fully saturated rings. The highest BCUT2D eigenvalue weighted by molar-refractivity contribution is 5.33. The number of hydrogen-bond acceptors (Lipinski definition) is 2. The van der Waals surface area contributed by atoms with Gasteiger partial charge in [0.1, 0.15) is 5.75 Å². The van der Waals surface area contributed by atoms with Crippen molar-refractivity contribution in [2.75, 3.05) is 7.11 Å². The molecule has 2 aromatic carbocycles. The van der Waals surface area contributed by atoms with Crippen molar-refractivity contribution in [3.8, 4) is 5.75 Å². The Bertz CT molecular complexity index is 558. The molecule has 0 radical (unpaired) electrons. The van der Waals surface area contributed by atoms with Gasteiger partial charge in [0.2, 0.25) is 0 Å². The van der Waals surface area contributed by atoms with E-state index in [0.717, 1.165) is 18.6 Å². The van der Waals surface area contributed by atoms with Crippen LogP contribution in [-0.4, -0.2) is 7.11 Å². The Balaban J connectivity index is 2.20. The average Bonchev–Trinajstić information content (AvgIpc) is 2.48. The minimum atomic E-state index is -0.361. The number of hydrogen-bond donors (Lipinski definition) is 1. The lowest BCUT2D eigenvalue weighted by Crippen LogP contribution is -2.35. The van der Waals surface area contributed by atoms with Crippen LogP contribution in [-0.2, 0) is 18.4 Å². The molecule has 2 N–H and O–H groups in total. The van der Waals surface area contributed by atoms with Crippen LogP contribution in [0.1, 0.15) is 30.5 Å². The van der Waals surface area contributed by atoms with Crippen molar-refractivity contribution in [1.82, 2.24) is 0 Å². The van der Waals surface area contributed by atoms with Crippen molar-refractivity contribution in [3.63, 3.8) is 0 Å². The highest BCUT2D eigenvalue weighted by atomic mass is 16.5. The number of ether oxygens (including phenoxy) is 1. The summed E-state index contributed by atoms with van der Waals surface area (Å²) in [4.78, 5) is 0. The van der Waals surface area contributed by atoms with Crippen molar-refractivity contribution >= 4 is 0 Å². The largest absolute Gasteiger partial charge is 0.497 e. The van der Waals surface area contributed by atoms with Crippen LogP contribution in [0.3, 0.4) is 0 Å². The van der Waals surface area contributed by atoms with Crippen molar-refractivity contribution in [3.05, 3.63) is 65.2 Å². The summed E-state index contributed by atoms with van der Waals surface area (Å²) >= 11 is 0. The first kappa shape index (κ1) is 14.6. The predicted octanol–water partition coefficient (Wildman–Crippen LogP) is 3.67. The van der Waals surface area contributed by atoms with Gasteiger partial charge in [-0.25, -0.2) is 0 Å². The first-order valence-electron chi connectivity index (χ1n) is 7.06. The fourth-order valence-corrected chi connectivity index (χ4v) is 2.42. The lowest BCUT2D eigenvalue weighted by molar-refractivity contribution is 0.414. The minimum absolute atomic E-state index is 0.361. The van der Waals surface area contributed by atoms with Gasteiger partial charge in [0.05, 0.1) is 7.11 Å². The maximum absolute atomic E-state index is 6.53. The molecule has 0 heterocycles. The smallest absolute Gasteiger partial charge is 0.118 e. The third-order valence-electron chi connectivity index (χ3n) is 3.73. The summed E-state index contributed by atoms with van der Waals surface area (Å²) in [5, 5.41) is 0. The Morgan fingerprint density at radius 2 is 1.75 bits per heavy atom. The molecule has 2 rings (SSSR count). The van der Waals surface area contributed by atoms with Gasteiger partial charge >= 0.3 is 0 Å². The third kappa shape index (κ3) is 3.40. The molecule has 2 aromatic rings. The van der Waals surface area contributed by atoms with E-state index in [2.05, 4.69) is 50.2 Å². The number of aryl methyl sites for hydroxylation is 1. The third-order valence-corrected chi connectivity index (χ3v) is 3.73. The van der Waals surface area contributed by atoms with Gasteiger partial charge in [0.25, 0.3) is 0 Å². The van der Waals surface area contributed by atoms with Crippen molar-refractivity contribution in [2.45, 2.75) is 32.2 Å². The van der Waals surface area contributed by atoms with Crippen molar-refractivity contribution < 1.29 is 4.74 Å². The zero-order chi connectivity index (χ0) is 14.6. The van der Waals surface area contributed by atoms with E-state index in [1.807, 2.05) is 12.1 Å². The number of rotatable bonds is 5. The fourth-order valence-electron chi connectivity index (χ4n) is 2.42. The van der Waals surface area contributed by atoms with Gasteiger partial charge in [-0.15, -0.1) is 0 Å². The SMILES string of the molecule is CCc1cccc(C(C)(N)Cc2ccc(OC)cc2)c1. The zero-order valence-electron chi connectivity index (χ0n) is 12.5. The van der Waals surface area contributed by atoms with E-state index in [1.54, 1.807) is 7.11 Å². The Morgan fingerprint density at radius 3 is 2.35 bits per heavy atom. The molecular formula is C18H23NO. The minimum Gasteiger partial charge on any atom is -0.497 e. The second-order valence-corrected chi connectivity index (χ2v) is 5.50. The second kappa shape index (κ2) is 6.10. The normalized spacial score (nSPS) is 13.8. The summed E-state index contributed by atoms with van der Waals surface area (Å²) in [6.07, 6.45) is 1.84. The molecule has 0 amide bonds. The molecule has 0 bridgehead atoms. The Morgan fingerprint density at radius 1 is 1.05 bits per heavy atom. The first-order valence-corrected chi connectivity index (χ1v) is 7.06. The average molecular weight is 269 g/mol. The summed E-state index contributed by atoms with van der Waals surface area (Å²) in [7, 11) is 1.68. The van der Waals surface area contributed by atoms with Crippen LogP contribution in [0, 0.1) is 0 Å². The molecule has 0 saturated heterocycles. The molecule has 2 heteroatoms. The lowest BCUT2D eigenvalue weighted by Gasteiger charge is -2.26. The van der Waals surface area contributed by atoms with E-state index in [1.165, 1.54) is 16.7 Å². The van der Waals surface area contributed by atoms with Gasteiger partial charge in [-0.1, -0.05) is 43.3 Å². The van der Waals surface area contributed by atoms with Crippen LogP contribution in [0.15, 0.2) is 48.5 Å². The highest BCUT2D eigenvalue weighted by Gasteiger charge is 2.21. The number of benzene rings is 2. The Labute approximate surface area is 121 Å². The summed E-state index contributed by atoms with van der Waals surface area (Å²) < 4.78 is 5.18. The van der Waals surface area contributed by atoms with Gasteiger partial charge in [0, 0.05) is 5.54 Å². The Kier molecular flexibility index (Phi) is 4.46. The van der Waals surface area contributed by atoms with Gasteiger partial charge in [-0.2, -0.15) is 0 Å². The fraction of sp³-hybridized carbons (Fsp3) is 0.333. The first-order chi connectivity index (χ1) is 9.55. The van der Waals surface area contributed by atoms with Crippen LogP contribution >= 0.6 is 0 Å². The van der Waals surface area contributed by atoms with Crippen molar-refractivity contribution in [2.24, 2.45) is 5.73 Å². The molecule has 2 nitrogen and oxygen atoms in total. The Hall–Kier alpha value is -1.80. The molecule has 0 aliphatic heterocycles. The van der Waals surface area contributed by atoms with Crippen LogP contribution < -0.4 is 10.5 Å². The van der Waals surface area contributed by atoms with E-state index >= 15 is 0 Å². The van der Waals surface area contributed by atoms with E-state index in [-0.39, 0.29) is 5.54 Å². The highest BCUT2D eigenvalue weighted by Crippen LogP contribution is 2.24. The summed E-state index contributed by atoms with van der Waals surface area (Å²) in [5.74, 6) is 0.875. The van der Waals surface area contributed by atoms with Crippen molar-refractivity contribution in [1.29, 1.82) is 0 Å². The summed E-state index contributed by atoms with van der Waals surface area (Å²) in [6, 6.07) is 16.7. The van der Waals surface area contributed by atoms with E-state index in [4.69, 9.17) is 10.5 Å². The van der Waals surface area contributed by atoms with Gasteiger partial charge in [-0.05, 0) is 48.6 Å². The molecular weight excluding hydrogens is 246 g/mol. The van der Waals surface area contributed by atoms with Crippen LogP contribution in [0.4, 0.5) is 0 Å². The lowest BCUT2D eigenvalue weighted by atomic mass is 9.85. The second-order valence-electron chi connectivity index (χ2n) is 5.50. The predicted molar refractivity (Wildman–Crippen MR) is 84.1 cm³/mol.